The molecule has 0 saturated carbocycles. The molecule has 5 heteroatoms. The molecular weight excluding hydrogens is 161 g/mol. The molecule has 0 unspecified atom stereocenters. The van der Waals surface area contributed by atoms with Crippen LogP contribution in [0.25, 0.3) is 0 Å². The lowest BCUT2D eigenvalue weighted by Crippen LogP contribution is -2.03. The fourth-order valence-corrected chi connectivity index (χ4v) is 0.883. The molecule has 1 heterocycles. The zero-order valence-electron chi connectivity index (χ0n) is 6.78. The zero-order chi connectivity index (χ0) is 8.81. The van der Waals surface area contributed by atoms with Crippen molar-refractivity contribution < 1.29 is 9.50 Å². The number of halogens is 1. The van der Waals surface area contributed by atoms with Crippen molar-refractivity contribution in [3.8, 4) is 0 Å². The van der Waals surface area contributed by atoms with Crippen LogP contribution in [0.5, 0.6) is 0 Å². The summed E-state index contributed by atoms with van der Waals surface area (Å²) in [5.74, 6) is 0.640. The van der Waals surface area contributed by atoms with Crippen LogP contribution in [0, 0.1) is 0 Å². The fourth-order valence-electron chi connectivity index (χ4n) is 0.883. The van der Waals surface area contributed by atoms with Crippen LogP contribution in [0.3, 0.4) is 0 Å². The van der Waals surface area contributed by atoms with E-state index < -0.39 is 0 Å². The Kier molecular flexibility index (Phi) is 3.66. The summed E-state index contributed by atoms with van der Waals surface area (Å²) in [5.41, 5.74) is 0. The van der Waals surface area contributed by atoms with Crippen molar-refractivity contribution in [1.29, 1.82) is 0 Å². The van der Waals surface area contributed by atoms with Gasteiger partial charge in [-0.3, -0.25) is 9.07 Å². The number of aliphatic hydroxyl groups is 1. The third kappa shape index (κ3) is 2.58. The van der Waals surface area contributed by atoms with Crippen LogP contribution >= 0.6 is 0 Å². The summed E-state index contributed by atoms with van der Waals surface area (Å²) in [6.07, 6.45) is 2.57. The molecule has 0 bridgehead atoms. The van der Waals surface area contributed by atoms with Crippen LogP contribution < -0.4 is 0 Å². The van der Waals surface area contributed by atoms with Gasteiger partial charge in [0.2, 0.25) is 0 Å². The maximum absolute atomic E-state index is 11.7. The molecule has 0 aliphatic carbocycles. The standard InChI is InChI=1S/C7H12FN3O/c8-3-1-2-7-9-6-11(10-7)4-5-12/h6,12H,1-5H2. The van der Waals surface area contributed by atoms with Gasteiger partial charge in [-0.2, -0.15) is 5.10 Å². The van der Waals surface area contributed by atoms with Gasteiger partial charge in [0.05, 0.1) is 19.8 Å². The predicted octanol–water partition coefficient (Wildman–Crippen LogP) is 0.173. The molecule has 12 heavy (non-hydrogen) atoms. The van der Waals surface area contributed by atoms with Crippen molar-refractivity contribution in [1.82, 2.24) is 14.8 Å². The van der Waals surface area contributed by atoms with Crippen molar-refractivity contribution in [3.05, 3.63) is 12.2 Å². The summed E-state index contributed by atoms with van der Waals surface area (Å²) in [7, 11) is 0. The van der Waals surface area contributed by atoms with Crippen molar-refractivity contribution in [2.45, 2.75) is 19.4 Å². The highest BCUT2D eigenvalue weighted by atomic mass is 19.1. The molecule has 1 aromatic heterocycles. The van der Waals surface area contributed by atoms with Gasteiger partial charge in [0.15, 0.2) is 5.82 Å². The van der Waals surface area contributed by atoms with E-state index in [1.54, 1.807) is 11.0 Å². The SMILES string of the molecule is OCCn1cnc(CCCF)n1. The monoisotopic (exact) mass is 173 g/mol. The Morgan fingerprint density at radius 1 is 1.58 bits per heavy atom. The molecule has 0 fully saturated rings. The Labute approximate surface area is 70.0 Å². The molecule has 0 atom stereocenters. The second-order valence-electron chi connectivity index (χ2n) is 2.44. The predicted molar refractivity (Wildman–Crippen MR) is 41.4 cm³/mol. The summed E-state index contributed by atoms with van der Waals surface area (Å²) in [5, 5.41) is 12.6. The molecule has 0 aliphatic heterocycles. The Balaban J connectivity index is 2.41. The molecule has 1 rings (SSSR count). The molecule has 0 saturated heterocycles. The molecule has 4 nitrogen and oxygen atoms in total. The average molecular weight is 173 g/mol. The Morgan fingerprint density at radius 3 is 3.08 bits per heavy atom. The minimum Gasteiger partial charge on any atom is -0.394 e. The van der Waals surface area contributed by atoms with E-state index in [1.807, 2.05) is 0 Å². The first-order valence-electron chi connectivity index (χ1n) is 3.92. The first kappa shape index (κ1) is 9.12. The van der Waals surface area contributed by atoms with Gasteiger partial charge in [-0.1, -0.05) is 0 Å². The van der Waals surface area contributed by atoms with Crippen molar-refractivity contribution >= 4 is 0 Å². The summed E-state index contributed by atoms with van der Waals surface area (Å²) >= 11 is 0. The quantitative estimate of drug-likeness (QED) is 0.690. The lowest BCUT2D eigenvalue weighted by Gasteiger charge is -1.93. The van der Waals surface area contributed by atoms with Crippen LogP contribution in [0.15, 0.2) is 6.33 Å². The highest BCUT2D eigenvalue weighted by molar-refractivity contribution is 4.81. The number of hydrogen-bond donors (Lipinski definition) is 1. The smallest absolute Gasteiger partial charge is 0.150 e. The molecular formula is C7H12FN3O. The maximum Gasteiger partial charge on any atom is 0.150 e. The highest BCUT2D eigenvalue weighted by Crippen LogP contribution is 1.95. The first-order chi connectivity index (χ1) is 5.86. The average Bonchev–Trinajstić information content (AvgIpc) is 2.50. The molecule has 1 aromatic rings. The highest BCUT2D eigenvalue weighted by Gasteiger charge is 1.99. The molecule has 0 aromatic carbocycles. The van der Waals surface area contributed by atoms with Gasteiger partial charge in [0.25, 0.3) is 0 Å². The van der Waals surface area contributed by atoms with Gasteiger partial charge in [-0.15, -0.1) is 0 Å². The van der Waals surface area contributed by atoms with Crippen LogP contribution in [-0.4, -0.2) is 33.2 Å². The van der Waals surface area contributed by atoms with E-state index in [9.17, 15) is 4.39 Å². The van der Waals surface area contributed by atoms with Crippen LogP contribution in [-0.2, 0) is 13.0 Å². The molecule has 0 radical (unpaired) electrons. The number of hydrogen-bond acceptors (Lipinski definition) is 3. The summed E-state index contributed by atoms with van der Waals surface area (Å²) in [6, 6.07) is 0. The van der Waals surface area contributed by atoms with Crippen molar-refractivity contribution in [3.63, 3.8) is 0 Å². The Morgan fingerprint density at radius 2 is 2.42 bits per heavy atom. The van der Waals surface area contributed by atoms with Crippen LogP contribution in [0.4, 0.5) is 4.39 Å². The van der Waals surface area contributed by atoms with E-state index in [-0.39, 0.29) is 13.3 Å². The summed E-state index contributed by atoms with van der Waals surface area (Å²) < 4.78 is 13.3. The lowest BCUT2D eigenvalue weighted by molar-refractivity contribution is 0.269. The second kappa shape index (κ2) is 4.82. The van der Waals surface area contributed by atoms with Crippen molar-refractivity contribution in [2.75, 3.05) is 13.3 Å². The van der Waals surface area contributed by atoms with Gasteiger partial charge < -0.3 is 5.11 Å². The van der Waals surface area contributed by atoms with E-state index in [0.29, 0.717) is 25.2 Å². The number of rotatable bonds is 5. The molecule has 68 valence electrons. The largest absolute Gasteiger partial charge is 0.394 e. The maximum atomic E-state index is 11.7. The van der Waals surface area contributed by atoms with E-state index in [1.165, 1.54) is 0 Å². The third-order valence-electron chi connectivity index (χ3n) is 1.45. The van der Waals surface area contributed by atoms with E-state index in [0.717, 1.165) is 0 Å². The summed E-state index contributed by atoms with van der Waals surface area (Å²) in [4.78, 5) is 3.95. The van der Waals surface area contributed by atoms with Crippen LogP contribution in [0.1, 0.15) is 12.2 Å². The zero-order valence-corrected chi connectivity index (χ0v) is 6.78. The molecule has 0 spiro atoms. The van der Waals surface area contributed by atoms with Gasteiger partial charge >= 0.3 is 0 Å². The molecule has 0 aliphatic rings. The molecule has 0 amide bonds. The van der Waals surface area contributed by atoms with Gasteiger partial charge in [0, 0.05) is 6.42 Å². The third-order valence-corrected chi connectivity index (χ3v) is 1.45. The Bertz CT molecular complexity index is 226. The van der Waals surface area contributed by atoms with E-state index in [4.69, 9.17) is 5.11 Å². The number of nitrogens with zero attached hydrogens (tertiary/aromatic N) is 3. The summed E-state index contributed by atoms with van der Waals surface area (Å²) in [6.45, 7) is 0.156. The Hall–Kier alpha value is -0.970. The van der Waals surface area contributed by atoms with E-state index >= 15 is 0 Å². The number of aromatic nitrogens is 3. The van der Waals surface area contributed by atoms with Gasteiger partial charge in [0.1, 0.15) is 6.33 Å². The second-order valence-corrected chi connectivity index (χ2v) is 2.44. The minimum absolute atomic E-state index is 0.0475. The molecule has 1 N–H and O–H groups in total. The topological polar surface area (TPSA) is 50.9 Å². The lowest BCUT2D eigenvalue weighted by atomic mass is 10.3. The van der Waals surface area contributed by atoms with E-state index in [2.05, 4.69) is 10.1 Å². The normalized spacial score (nSPS) is 10.5. The van der Waals surface area contributed by atoms with Gasteiger partial charge in [-0.05, 0) is 6.42 Å². The fraction of sp³-hybridized carbons (Fsp3) is 0.714. The first-order valence-corrected chi connectivity index (χ1v) is 3.92. The number of alkyl halides is 1. The number of aryl methyl sites for hydroxylation is 1. The minimum atomic E-state index is -0.339. The van der Waals surface area contributed by atoms with Gasteiger partial charge in [-0.25, -0.2) is 4.98 Å². The number of aliphatic hydroxyl groups excluding tert-OH is 1. The van der Waals surface area contributed by atoms with Crippen LogP contribution in [0.2, 0.25) is 0 Å². The van der Waals surface area contributed by atoms with Crippen molar-refractivity contribution in [2.24, 2.45) is 0 Å².